The minimum atomic E-state index is -0.524. The predicted octanol–water partition coefficient (Wildman–Crippen LogP) is 4.30. The number of aromatic nitrogens is 2. The van der Waals surface area contributed by atoms with E-state index in [4.69, 9.17) is 17.3 Å². The smallest absolute Gasteiger partial charge is 0.206 e. The van der Waals surface area contributed by atoms with Crippen LogP contribution in [0.25, 0.3) is 16.7 Å². The van der Waals surface area contributed by atoms with Crippen molar-refractivity contribution >= 4 is 44.5 Å². The lowest BCUT2D eigenvalue weighted by molar-refractivity contribution is 0.617. The molecule has 2 N–H and O–H groups in total. The van der Waals surface area contributed by atoms with E-state index in [0.29, 0.717) is 16.1 Å². The summed E-state index contributed by atoms with van der Waals surface area (Å²) in [4.78, 5) is 4.10. The van der Waals surface area contributed by atoms with Crippen molar-refractivity contribution in [2.24, 2.45) is 0 Å². The molecule has 20 heavy (non-hydrogen) atoms. The number of hydrogen-bond acceptors (Lipinski definition) is 2. The van der Waals surface area contributed by atoms with Crippen LogP contribution < -0.4 is 5.73 Å². The third-order valence-corrected chi connectivity index (χ3v) is 3.71. The van der Waals surface area contributed by atoms with Crippen LogP contribution in [0.1, 0.15) is 0 Å². The molecule has 0 saturated carbocycles. The molecule has 1 heterocycles. The average Bonchev–Trinajstić information content (AvgIpc) is 2.69. The van der Waals surface area contributed by atoms with Crippen molar-refractivity contribution in [3.63, 3.8) is 0 Å². The molecule has 0 aliphatic rings. The van der Waals surface area contributed by atoms with Crippen molar-refractivity contribution in [3.05, 3.63) is 51.5 Å². The van der Waals surface area contributed by atoms with Crippen LogP contribution in [0.2, 0.25) is 5.02 Å². The topological polar surface area (TPSA) is 43.8 Å². The molecule has 0 unspecified atom stereocenters. The first-order chi connectivity index (χ1) is 9.47. The molecule has 3 aromatic rings. The second-order valence-corrected chi connectivity index (χ2v) is 5.45. The van der Waals surface area contributed by atoms with Crippen LogP contribution in [0, 0.1) is 11.6 Å². The maximum absolute atomic E-state index is 14.0. The Hall–Kier alpha value is -1.66. The summed E-state index contributed by atoms with van der Waals surface area (Å²) in [6, 6.07) is 6.78. The molecular formula is C13H7BrClF2N3. The predicted molar refractivity (Wildman–Crippen MR) is 78.1 cm³/mol. The van der Waals surface area contributed by atoms with Crippen molar-refractivity contribution in [2.75, 3.05) is 5.73 Å². The summed E-state index contributed by atoms with van der Waals surface area (Å²) < 4.78 is 29.2. The van der Waals surface area contributed by atoms with Crippen molar-refractivity contribution in [2.45, 2.75) is 0 Å². The Morgan fingerprint density at radius 3 is 2.65 bits per heavy atom. The van der Waals surface area contributed by atoms with Crippen LogP contribution >= 0.6 is 27.5 Å². The zero-order valence-corrected chi connectivity index (χ0v) is 12.2. The Morgan fingerprint density at radius 1 is 1.15 bits per heavy atom. The fraction of sp³-hybridized carbons (Fsp3) is 0. The minimum absolute atomic E-state index is 0.0543. The van der Waals surface area contributed by atoms with Gasteiger partial charge >= 0.3 is 0 Å². The lowest BCUT2D eigenvalue weighted by Crippen LogP contribution is -2.03. The van der Waals surface area contributed by atoms with Gasteiger partial charge in [-0.1, -0.05) is 11.6 Å². The van der Waals surface area contributed by atoms with E-state index in [2.05, 4.69) is 20.9 Å². The summed E-state index contributed by atoms with van der Waals surface area (Å²) in [5.41, 5.74) is 6.75. The first kappa shape index (κ1) is 13.3. The van der Waals surface area contributed by atoms with Gasteiger partial charge in [0.15, 0.2) is 0 Å². The second kappa shape index (κ2) is 4.71. The number of anilines is 1. The van der Waals surface area contributed by atoms with Gasteiger partial charge in [0.25, 0.3) is 0 Å². The molecule has 0 amide bonds. The molecule has 0 saturated heterocycles. The van der Waals surface area contributed by atoms with Crippen LogP contribution in [-0.4, -0.2) is 9.55 Å². The SMILES string of the molecule is Nc1nc2cc(Br)c(F)cc2n1-c1cc(Cl)ccc1F. The van der Waals surface area contributed by atoms with Crippen LogP contribution in [0.5, 0.6) is 0 Å². The fourth-order valence-corrected chi connectivity index (χ4v) is 2.50. The van der Waals surface area contributed by atoms with Crippen molar-refractivity contribution in [1.29, 1.82) is 0 Å². The third kappa shape index (κ3) is 2.05. The molecular weight excluding hydrogens is 352 g/mol. The van der Waals surface area contributed by atoms with Crippen molar-refractivity contribution < 1.29 is 8.78 Å². The quantitative estimate of drug-likeness (QED) is 0.705. The molecule has 7 heteroatoms. The van der Waals surface area contributed by atoms with E-state index in [0.717, 1.165) is 0 Å². The summed E-state index contributed by atoms with van der Waals surface area (Å²) in [6.45, 7) is 0. The first-order valence-corrected chi connectivity index (χ1v) is 6.73. The summed E-state index contributed by atoms with van der Waals surface area (Å²) in [7, 11) is 0. The molecule has 102 valence electrons. The highest BCUT2D eigenvalue weighted by Crippen LogP contribution is 2.29. The number of rotatable bonds is 1. The highest BCUT2D eigenvalue weighted by atomic mass is 79.9. The molecule has 3 rings (SSSR count). The second-order valence-electron chi connectivity index (χ2n) is 4.16. The van der Waals surface area contributed by atoms with E-state index in [1.165, 1.54) is 34.9 Å². The van der Waals surface area contributed by atoms with E-state index in [-0.39, 0.29) is 16.1 Å². The van der Waals surface area contributed by atoms with E-state index in [9.17, 15) is 8.78 Å². The van der Waals surface area contributed by atoms with Gasteiger partial charge in [0.05, 0.1) is 21.2 Å². The average molecular weight is 359 g/mol. The molecule has 0 fully saturated rings. The number of halogens is 4. The van der Waals surface area contributed by atoms with Gasteiger partial charge in [-0.15, -0.1) is 0 Å². The molecule has 0 aliphatic heterocycles. The summed E-state index contributed by atoms with van der Waals surface area (Å²) in [5.74, 6) is -0.955. The Balaban J connectivity index is 2.38. The van der Waals surface area contributed by atoms with Gasteiger partial charge in [0.1, 0.15) is 11.6 Å². The molecule has 1 aromatic heterocycles. The largest absolute Gasteiger partial charge is 0.369 e. The fourth-order valence-electron chi connectivity index (χ4n) is 2.00. The number of nitrogens with zero attached hydrogens (tertiary/aromatic N) is 2. The normalized spacial score (nSPS) is 11.2. The molecule has 0 bridgehead atoms. The maximum Gasteiger partial charge on any atom is 0.206 e. The van der Waals surface area contributed by atoms with Gasteiger partial charge in [0.2, 0.25) is 5.95 Å². The van der Waals surface area contributed by atoms with Crippen LogP contribution in [-0.2, 0) is 0 Å². The first-order valence-electron chi connectivity index (χ1n) is 5.56. The number of fused-ring (bicyclic) bond motifs is 1. The number of nitrogens with two attached hydrogens (primary N) is 1. The Labute approximate surface area is 126 Å². The maximum atomic E-state index is 14.0. The Morgan fingerprint density at radius 2 is 1.90 bits per heavy atom. The monoisotopic (exact) mass is 357 g/mol. The van der Waals surface area contributed by atoms with Gasteiger partial charge in [-0.3, -0.25) is 4.57 Å². The highest BCUT2D eigenvalue weighted by molar-refractivity contribution is 9.10. The van der Waals surface area contributed by atoms with E-state index in [1.54, 1.807) is 0 Å². The lowest BCUT2D eigenvalue weighted by atomic mass is 10.2. The number of benzene rings is 2. The molecule has 0 aliphatic carbocycles. The summed E-state index contributed by atoms with van der Waals surface area (Å²) in [6.07, 6.45) is 0. The van der Waals surface area contributed by atoms with Gasteiger partial charge in [-0.05, 0) is 40.2 Å². The molecule has 0 radical (unpaired) electrons. The standard InChI is InChI=1S/C13H7BrClF2N3/c14-7-4-10-12(5-9(7)17)20(13(18)19-10)11-3-6(15)1-2-8(11)16/h1-5H,(H2,18,19). The van der Waals surface area contributed by atoms with Crippen LogP contribution in [0.3, 0.4) is 0 Å². The van der Waals surface area contributed by atoms with Gasteiger partial charge in [-0.25, -0.2) is 13.8 Å². The lowest BCUT2D eigenvalue weighted by Gasteiger charge is -2.08. The zero-order valence-electron chi connectivity index (χ0n) is 9.87. The Bertz CT molecular complexity index is 832. The molecule has 2 aromatic carbocycles. The van der Waals surface area contributed by atoms with Gasteiger partial charge in [0, 0.05) is 11.1 Å². The highest BCUT2D eigenvalue weighted by Gasteiger charge is 2.16. The minimum Gasteiger partial charge on any atom is -0.369 e. The van der Waals surface area contributed by atoms with Crippen molar-refractivity contribution in [3.8, 4) is 5.69 Å². The van der Waals surface area contributed by atoms with E-state index >= 15 is 0 Å². The van der Waals surface area contributed by atoms with Gasteiger partial charge in [-0.2, -0.15) is 0 Å². The van der Waals surface area contributed by atoms with Crippen LogP contribution in [0.4, 0.5) is 14.7 Å². The van der Waals surface area contributed by atoms with E-state index < -0.39 is 11.6 Å². The zero-order chi connectivity index (χ0) is 14.4. The summed E-state index contributed by atoms with van der Waals surface area (Å²) >= 11 is 8.94. The van der Waals surface area contributed by atoms with E-state index in [1.807, 2.05) is 0 Å². The molecule has 0 spiro atoms. The van der Waals surface area contributed by atoms with Gasteiger partial charge < -0.3 is 5.73 Å². The Kier molecular flexibility index (Phi) is 3.14. The molecule has 3 nitrogen and oxygen atoms in total. The number of imidazole rings is 1. The van der Waals surface area contributed by atoms with Crippen molar-refractivity contribution in [1.82, 2.24) is 9.55 Å². The summed E-state index contributed by atoms with van der Waals surface area (Å²) in [5, 5.41) is 0.347. The van der Waals surface area contributed by atoms with Crippen LogP contribution in [0.15, 0.2) is 34.8 Å². The molecule has 0 atom stereocenters. The number of nitrogen functional groups attached to an aromatic ring is 1. The number of hydrogen-bond donors (Lipinski definition) is 1. The third-order valence-electron chi connectivity index (χ3n) is 2.87.